The lowest BCUT2D eigenvalue weighted by Gasteiger charge is -2.16. The number of halogens is 3. The zero-order valence-corrected chi connectivity index (χ0v) is 20.1. The molecule has 0 radical (unpaired) electrons. The Balaban J connectivity index is 1.60. The number of hydrogen-bond acceptors (Lipinski definition) is 6. The lowest BCUT2D eigenvalue weighted by atomic mass is 9.97. The average molecular weight is 512 g/mol. The van der Waals surface area contributed by atoms with Crippen LogP contribution < -0.4 is 4.74 Å². The van der Waals surface area contributed by atoms with Crippen LogP contribution in [0.15, 0.2) is 71.3 Å². The first-order chi connectivity index (χ1) is 17.7. The van der Waals surface area contributed by atoms with Gasteiger partial charge in [0.15, 0.2) is 0 Å². The Kier molecular flexibility index (Phi) is 7.58. The van der Waals surface area contributed by atoms with Gasteiger partial charge in [0.25, 0.3) is 5.89 Å². The van der Waals surface area contributed by atoms with Crippen molar-refractivity contribution in [3.63, 3.8) is 0 Å². The fourth-order valence-electron chi connectivity index (χ4n) is 3.93. The van der Waals surface area contributed by atoms with Gasteiger partial charge in [0.05, 0.1) is 18.7 Å². The van der Waals surface area contributed by atoms with Gasteiger partial charge >= 0.3 is 12.1 Å². The molecule has 0 spiro atoms. The Morgan fingerprint density at radius 2 is 1.73 bits per heavy atom. The highest BCUT2D eigenvalue weighted by atomic mass is 19.4. The van der Waals surface area contributed by atoms with E-state index in [0.717, 1.165) is 11.6 Å². The molecule has 0 aliphatic heterocycles. The Morgan fingerprint density at radius 3 is 2.41 bits per heavy atom. The Hall–Kier alpha value is -4.18. The van der Waals surface area contributed by atoms with Crippen LogP contribution in [0.5, 0.6) is 5.75 Å². The molecule has 0 amide bonds. The number of likely N-dealkylation sites (N-methyl/N-ethyl adjacent to an activating group) is 1. The number of benzene rings is 3. The summed E-state index contributed by atoms with van der Waals surface area (Å²) in [5.74, 6) is -0.100. The van der Waals surface area contributed by atoms with Gasteiger partial charge in [-0.25, -0.2) is 0 Å². The smallest absolute Gasteiger partial charge is 0.417 e. The van der Waals surface area contributed by atoms with E-state index in [0.29, 0.717) is 29.1 Å². The molecule has 4 rings (SSSR count). The fourth-order valence-corrected chi connectivity index (χ4v) is 3.93. The molecule has 192 valence electrons. The summed E-state index contributed by atoms with van der Waals surface area (Å²) in [6.45, 7) is 2.40. The molecule has 0 aliphatic rings. The third-order valence-corrected chi connectivity index (χ3v) is 5.55. The number of alkyl halides is 3. The Labute approximate surface area is 211 Å². The number of rotatable bonds is 9. The van der Waals surface area contributed by atoms with Crippen molar-refractivity contribution in [3.8, 4) is 39.7 Å². The van der Waals surface area contributed by atoms with Crippen LogP contribution >= 0.6 is 0 Å². The number of carbonyl (C=O) groups is 1. The number of aromatic nitrogens is 2. The summed E-state index contributed by atoms with van der Waals surface area (Å²) in [5.41, 5.74) is 1.70. The van der Waals surface area contributed by atoms with E-state index in [1.165, 1.54) is 12.1 Å². The van der Waals surface area contributed by atoms with Crippen molar-refractivity contribution in [2.75, 3.05) is 20.2 Å². The molecular formula is C27H24F3N3O4. The first-order valence-electron chi connectivity index (χ1n) is 11.4. The van der Waals surface area contributed by atoms with Gasteiger partial charge in [-0.05, 0) is 49.4 Å². The molecule has 1 N–H and O–H groups in total. The maximum atomic E-state index is 13.6. The zero-order valence-electron chi connectivity index (χ0n) is 20.1. The predicted molar refractivity (Wildman–Crippen MR) is 131 cm³/mol. The summed E-state index contributed by atoms with van der Waals surface area (Å²) < 4.78 is 51.9. The molecule has 4 aromatic rings. The van der Waals surface area contributed by atoms with Crippen molar-refractivity contribution in [3.05, 3.63) is 77.9 Å². The van der Waals surface area contributed by atoms with Gasteiger partial charge in [0.1, 0.15) is 5.75 Å². The van der Waals surface area contributed by atoms with E-state index >= 15 is 0 Å². The standard InChI is InChI=1S/C27H24F3N3O4/c1-3-36-23-14-19(12-13-21(23)20-6-4-5-7-22(20)27(28,29)30)26-31-25(32-37-26)18-10-8-17(9-11-18)15-33(2)16-24(34)35/h4-14H,3,15-16H2,1-2H3,(H,34,35). The third-order valence-electron chi connectivity index (χ3n) is 5.55. The van der Waals surface area contributed by atoms with Crippen LogP contribution in [0.4, 0.5) is 13.2 Å². The topological polar surface area (TPSA) is 88.7 Å². The fraction of sp³-hybridized carbons (Fsp3) is 0.222. The summed E-state index contributed by atoms with van der Waals surface area (Å²) in [6, 6.07) is 17.4. The summed E-state index contributed by atoms with van der Waals surface area (Å²) >= 11 is 0. The van der Waals surface area contributed by atoms with Crippen LogP contribution in [0.1, 0.15) is 18.1 Å². The summed E-state index contributed by atoms with van der Waals surface area (Å²) in [6.07, 6.45) is -4.51. The molecule has 0 aliphatic carbocycles. The number of carboxylic acid groups (broad SMARTS) is 1. The largest absolute Gasteiger partial charge is 0.493 e. The molecule has 1 aromatic heterocycles. The number of ether oxygens (including phenoxy) is 1. The highest BCUT2D eigenvalue weighted by Gasteiger charge is 2.34. The molecule has 0 saturated heterocycles. The molecule has 0 atom stereocenters. The SMILES string of the molecule is CCOc1cc(-c2nc(-c3ccc(CN(C)CC(=O)O)cc3)no2)ccc1-c1ccccc1C(F)(F)F. The van der Waals surface area contributed by atoms with E-state index in [9.17, 15) is 18.0 Å². The second kappa shape index (κ2) is 10.8. The second-order valence-corrected chi connectivity index (χ2v) is 8.37. The van der Waals surface area contributed by atoms with Crippen molar-refractivity contribution in [2.45, 2.75) is 19.6 Å². The van der Waals surface area contributed by atoms with Crippen LogP contribution in [-0.4, -0.2) is 46.3 Å². The highest BCUT2D eigenvalue weighted by Crippen LogP contribution is 2.41. The van der Waals surface area contributed by atoms with E-state index in [4.69, 9.17) is 14.4 Å². The van der Waals surface area contributed by atoms with Crippen LogP contribution in [0.2, 0.25) is 0 Å². The molecular weight excluding hydrogens is 487 g/mol. The van der Waals surface area contributed by atoms with Gasteiger partial charge in [-0.15, -0.1) is 0 Å². The van der Waals surface area contributed by atoms with E-state index in [-0.39, 0.29) is 30.4 Å². The van der Waals surface area contributed by atoms with Crippen LogP contribution in [-0.2, 0) is 17.5 Å². The van der Waals surface area contributed by atoms with Gasteiger partial charge in [0, 0.05) is 23.2 Å². The number of nitrogens with zero attached hydrogens (tertiary/aromatic N) is 3. The molecule has 0 unspecified atom stereocenters. The molecule has 10 heteroatoms. The van der Waals surface area contributed by atoms with E-state index < -0.39 is 17.7 Å². The van der Waals surface area contributed by atoms with Crippen LogP contribution in [0.25, 0.3) is 34.0 Å². The lowest BCUT2D eigenvalue weighted by molar-refractivity contribution is -0.138. The second-order valence-electron chi connectivity index (χ2n) is 8.37. The number of carboxylic acids is 1. The Bertz CT molecular complexity index is 1380. The average Bonchev–Trinajstić information content (AvgIpc) is 3.34. The zero-order chi connectivity index (χ0) is 26.6. The monoisotopic (exact) mass is 511 g/mol. The third kappa shape index (κ3) is 6.15. The molecule has 0 fully saturated rings. The minimum Gasteiger partial charge on any atom is -0.493 e. The molecule has 37 heavy (non-hydrogen) atoms. The van der Waals surface area contributed by atoms with Crippen molar-refractivity contribution in [2.24, 2.45) is 0 Å². The first-order valence-corrected chi connectivity index (χ1v) is 11.4. The maximum Gasteiger partial charge on any atom is 0.417 e. The van der Waals surface area contributed by atoms with Crippen LogP contribution in [0, 0.1) is 0 Å². The van der Waals surface area contributed by atoms with Gasteiger partial charge < -0.3 is 14.4 Å². The van der Waals surface area contributed by atoms with Crippen molar-refractivity contribution < 1.29 is 32.3 Å². The van der Waals surface area contributed by atoms with Crippen molar-refractivity contribution >= 4 is 5.97 Å². The summed E-state index contributed by atoms with van der Waals surface area (Å²) in [4.78, 5) is 17.0. The van der Waals surface area contributed by atoms with Crippen molar-refractivity contribution in [1.29, 1.82) is 0 Å². The molecule has 1 heterocycles. The normalized spacial score (nSPS) is 11.6. The molecule has 0 saturated carbocycles. The van der Waals surface area contributed by atoms with Gasteiger partial charge in [-0.2, -0.15) is 18.2 Å². The van der Waals surface area contributed by atoms with E-state index in [1.807, 2.05) is 12.1 Å². The molecule has 3 aromatic carbocycles. The van der Waals surface area contributed by atoms with Gasteiger partial charge in [0.2, 0.25) is 5.82 Å². The quantitative estimate of drug-likeness (QED) is 0.295. The highest BCUT2D eigenvalue weighted by molar-refractivity contribution is 5.77. The summed E-state index contributed by atoms with van der Waals surface area (Å²) in [5, 5.41) is 12.9. The minimum atomic E-state index is -4.51. The maximum absolute atomic E-state index is 13.6. The molecule has 7 nitrogen and oxygen atoms in total. The Morgan fingerprint density at radius 1 is 1.03 bits per heavy atom. The van der Waals surface area contributed by atoms with E-state index in [2.05, 4.69) is 10.1 Å². The minimum absolute atomic E-state index is 0.0188. The summed E-state index contributed by atoms with van der Waals surface area (Å²) in [7, 11) is 1.72. The predicted octanol–water partition coefficient (Wildman–Crippen LogP) is 6.00. The number of aliphatic carboxylic acids is 1. The first kappa shape index (κ1) is 25.9. The van der Waals surface area contributed by atoms with Gasteiger partial charge in [-0.3, -0.25) is 9.69 Å². The van der Waals surface area contributed by atoms with Crippen molar-refractivity contribution in [1.82, 2.24) is 15.0 Å². The van der Waals surface area contributed by atoms with Gasteiger partial charge in [-0.1, -0.05) is 47.6 Å². The molecule has 0 bridgehead atoms. The number of hydrogen-bond donors (Lipinski definition) is 1. The lowest BCUT2D eigenvalue weighted by Crippen LogP contribution is -2.25. The van der Waals surface area contributed by atoms with Crippen LogP contribution in [0.3, 0.4) is 0 Å². The van der Waals surface area contributed by atoms with E-state index in [1.54, 1.807) is 55.3 Å².